The molecule has 64 atom stereocenters. The van der Waals surface area contributed by atoms with E-state index in [-0.39, 0.29) is 0 Å². The summed E-state index contributed by atoms with van der Waals surface area (Å²) in [7, 11) is 0. The molecule has 0 N–H and O–H groups in total. The van der Waals surface area contributed by atoms with Gasteiger partial charge in [-0.1, -0.05) is 70.6 Å². The highest BCUT2D eigenvalue weighted by Crippen LogP contribution is 2.94. The zero-order valence-electron chi connectivity index (χ0n) is 63.8. The maximum absolute atomic E-state index is 1.81. The Morgan fingerprint density at radius 2 is 0.422 bits per heavy atom. The smallest absolute Gasteiger partial charge is 0.0312 e. The van der Waals surface area contributed by atoms with E-state index in [1.165, 1.54) is 379 Å². The van der Waals surface area contributed by atoms with Gasteiger partial charge in [0.25, 0.3) is 0 Å². The van der Waals surface area contributed by atoms with Gasteiger partial charge in [0, 0.05) is 0 Å². The summed E-state index contributed by atoms with van der Waals surface area (Å²) < 4.78 is 0. The van der Waals surface area contributed by atoms with Gasteiger partial charge in [0.2, 0.25) is 0 Å². The van der Waals surface area contributed by atoms with Crippen LogP contribution in [0.4, 0.5) is 0 Å². The Balaban J connectivity index is 0.404. The highest BCUT2D eigenvalue weighted by Gasteiger charge is 2.90. The summed E-state index contributed by atoms with van der Waals surface area (Å²) in [6.45, 7) is 0. The second-order valence-corrected chi connectivity index (χ2v) is 51.4. The van der Waals surface area contributed by atoms with Gasteiger partial charge < -0.3 is 0 Å². The fraction of sp³-hybridized carbons (Fsp3) is 1.00. The molecule has 0 amide bonds. The summed E-state index contributed by atoms with van der Waals surface area (Å²) >= 11 is 0. The molecule has 0 bridgehead atoms. The van der Waals surface area contributed by atoms with Crippen molar-refractivity contribution in [3.05, 3.63) is 0 Å². The van der Waals surface area contributed by atoms with Crippen molar-refractivity contribution in [1.82, 2.24) is 0 Å². The predicted molar refractivity (Wildman–Crippen MR) is 399 cm³/mol. The van der Waals surface area contributed by atoms with Crippen molar-refractivity contribution >= 4 is 0 Å². The molecular formula is C102H140. The lowest BCUT2D eigenvalue weighted by molar-refractivity contribution is -0.442. The third kappa shape index (κ3) is 6.03. The topological polar surface area (TPSA) is 0 Å². The summed E-state index contributed by atoms with van der Waals surface area (Å²) in [5, 5.41) is 0. The number of fused-ring (bicyclic) bond motifs is 69. The molecular weight excluding hydrogens is 1230 g/mol. The molecule has 0 spiro atoms. The molecule has 0 aliphatic heterocycles. The summed E-state index contributed by atoms with van der Waals surface area (Å²) in [6, 6.07) is 0. The van der Waals surface area contributed by atoms with Gasteiger partial charge in [-0.15, -0.1) is 0 Å². The Bertz CT molecular complexity index is 3610. The first-order valence-corrected chi connectivity index (χ1v) is 50.7. The highest BCUT2D eigenvalue weighted by atomic mass is 14.9. The first kappa shape index (κ1) is 57.9. The van der Waals surface area contributed by atoms with Crippen molar-refractivity contribution in [2.45, 2.75) is 244 Å². The molecule has 0 radical (unpaired) electrons. The van der Waals surface area contributed by atoms with Crippen LogP contribution < -0.4 is 0 Å². The van der Waals surface area contributed by atoms with Gasteiger partial charge in [0.05, 0.1) is 0 Å². The lowest BCUT2D eigenvalue weighted by Gasteiger charge is -2.91. The Morgan fingerprint density at radius 3 is 1.09 bits per heavy atom. The molecule has 0 heterocycles. The van der Waals surface area contributed by atoms with Crippen LogP contribution in [0, 0.1) is 379 Å². The van der Waals surface area contributed by atoms with Crippen LogP contribution in [0.25, 0.3) is 0 Å². The van der Waals surface area contributed by atoms with Crippen molar-refractivity contribution in [1.29, 1.82) is 0 Å². The first-order valence-electron chi connectivity index (χ1n) is 50.7. The molecule has 0 heteroatoms. The van der Waals surface area contributed by atoms with E-state index < -0.39 is 0 Å². The monoisotopic (exact) mass is 1370 g/mol. The zero-order valence-corrected chi connectivity index (χ0v) is 63.8. The minimum atomic E-state index is 1.17. The Kier molecular flexibility index (Phi) is 10.8. The molecule has 0 saturated heterocycles. The van der Waals surface area contributed by atoms with Crippen LogP contribution in [-0.4, -0.2) is 0 Å². The molecule has 0 aromatic heterocycles. The Hall–Kier alpha value is 0. The van der Waals surface area contributed by atoms with E-state index in [9.17, 15) is 0 Å². The predicted octanol–water partition coefficient (Wildman–Crippen LogP) is 22.7. The zero-order chi connectivity index (χ0) is 63.8. The van der Waals surface area contributed by atoms with Gasteiger partial charge in [-0.2, -0.15) is 0 Å². The fourth-order valence-corrected chi connectivity index (χ4v) is 51.7. The SMILES string of the molecule is C1CCCCC2C(CCC1)C1C2C2C3C(CC4C5C6CC7C(CCC8C(CC9CC%10C%11CC(C%12CC%13C%14CCCC%14C%13%12)C%11C9%10)C9C8C8C9C9C%10C%11C(CCCC%12C%13CCC%14C(CCC%13C%12CC%12C%13C%15C%16CC%17C(CC%18C%19CCC%19C%18%17)C%16C%15C%13C%12%11)C%11C%12CCCCCC%12C%14%11)C%10C89)CC7CC6C5C43)C12. The number of rotatable bonds is 6. The average Bonchev–Trinajstić information content (AvgIpc) is 0.826. The van der Waals surface area contributed by atoms with Gasteiger partial charge in [-0.3, -0.25) is 0 Å². The standard InChI is InChI=1S/C102H140/c1-2-4-7-15-51-50(14-6-3-1)82-83(51)96-91(82)73-38-71-80-66-32-57-39(28-40(57)29-61(66)87(80)89(71)93(73)96)20-21-55-59(30-41-31-60-67-36-68(79(67)74(41)60)64-34-62-43-17-10-18-47(43)75(62)64)88-84(55)99-100-86-56-19-11-16-42-44-22-26-53-54(78-49-13-9-5-8-12-48(49)77(53)78)27-23-45(44)58(42)33-72-92(85(56)97(86)102(100)101(88)99)98-94(72)90-70-37-65-69(81(70)95(90)98)35-63-46-24-25-52(46)76(63)65/h39-102H,1-38H2. The van der Waals surface area contributed by atoms with E-state index in [1.54, 1.807) is 238 Å². The van der Waals surface area contributed by atoms with E-state index >= 15 is 0 Å². The van der Waals surface area contributed by atoms with Crippen LogP contribution in [0.15, 0.2) is 0 Å². The highest BCUT2D eigenvalue weighted by molar-refractivity contribution is 5.37. The molecule has 33 aliphatic carbocycles. The van der Waals surface area contributed by atoms with E-state index in [4.69, 9.17) is 0 Å². The summed E-state index contributed by atoms with van der Waals surface area (Å²) in [5.41, 5.74) is 0. The molecule has 0 nitrogen and oxygen atoms in total. The van der Waals surface area contributed by atoms with E-state index in [0.717, 1.165) is 0 Å². The maximum Gasteiger partial charge on any atom is -0.0312 e. The summed E-state index contributed by atoms with van der Waals surface area (Å²) in [4.78, 5) is 0. The van der Waals surface area contributed by atoms with Gasteiger partial charge in [-0.05, 0) is 552 Å². The molecule has 33 aliphatic rings. The van der Waals surface area contributed by atoms with Crippen molar-refractivity contribution in [2.24, 2.45) is 379 Å². The van der Waals surface area contributed by atoms with Crippen LogP contribution >= 0.6 is 0 Å². The van der Waals surface area contributed by atoms with E-state index in [0.29, 0.717) is 0 Å². The van der Waals surface area contributed by atoms with Gasteiger partial charge in [-0.25, -0.2) is 0 Å². The third-order valence-electron chi connectivity index (χ3n) is 53.4. The first-order chi connectivity index (χ1) is 50.7. The molecule has 0 aromatic carbocycles. The van der Waals surface area contributed by atoms with E-state index in [2.05, 4.69) is 0 Å². The number of hydrogen-bond donors (Lipinski definition) is 0. The summed E-state index contributed by atoms with van der Waals surface area (Å²) in [5.74, 6) is 78.5. The molecule has 33 saturated carbocycles. The molecule has 548 valence electrons. The maximum atomic E-state index is 1.81. The van der Waals surface area contributed by atoms with Crippen LogP contribution in [0.2, 0.25) is 0 Å². The number of hydrogen-bond acceptors (Lipinski definition) is 0. The van der Waals surface area contributed by atoms with Crippen LogP contribution in [-0.2, 0) is 0 Å². The van der Waals surface area contributed by atoms with Crippen molar-refractivity contribution in [3.63, 3.8) is 0 Å². The van der Waals surface area contributed by atoms with Crippen LogP contribution in [0.5, 0.6) is 0 Å². The lowest BCUT2D eigenvalue weighted by Crippen LogP contribution is -2.87. The normalized spacial score (nSPS) is 76.4. The second-order valence-electron chi connectivity index (χ2n) is 51.4. The van der Waals surface area contributed by atoms with Gasteiger partial charge >= 0.3 is 0 Å². The molecule has 64 unspecified atom stereocenters. The largest absolute Gasteiger partial charge is 0.0533 e. The molecule has 0 aromatic rings. The van der Waals surface area contributed by atoms with Gasteiger partial charge in [0.15, 0.2) is 0 Å². The third-order valence-corrected chi connectivity index (χ3v) is 53.4. The molecule has 33 rings (SSSR count). The molecule has 102 heavy (non-hydrogen) atoms. The van der Waals surface area contributed by atoms with Gasteiger partial charge in [0.1, 0.15) is 0 Å². The average molecular weight is 1370 g/mol. The minimum absolute atomic E-state index is 1.17. The fourth-order valence-electron chi connectivity index (χ4n) is 51.7. The summed E-state index contributed by atoms with van der Waals surface area (Å²) in [6.07, 6.45) is 63.8. The Morgan fingerprint density at radius 1 is 0.127 bits per heavy atom. The molecule has 33 fully saturated rings. The van der Waals surface area contributed by atoms with E-state index in [1.807, 2.05) is 6.42 Å². The van der Waals surface area contributed by atoms with Crippen molar-refractivity contribution in [2.75, 3.05) is 0 Å². The quantitative estimate of drug-likeness (QED) is 0.233. The minimum Gasteiger partial charge on any atom is -0.0533 e. The second kappa shape index (κ2) is 19.1. The van der Waals surface area contributed by atoms with Crippen molar-refractivity contribution < 1.29 is 0 Å². The Labute approximate surface area is 618 Å². The van der Waals surface area contributed by atoms with Crippen LogP contribution in [0.3, 0.4) is 0 Å². The lowest BCUT2D eigenvalue weighted by atomic mass is 9.13. The van der Waals surface area contributed by atoms with Crippen LogP contribution in [0.1, 0.15) is 244 Å². The van der Waals surface area contributed by atoms with Crippen molar-refractivity contribution in [3.8, 4) is 0 Å².